The van der Waals surface area contributed by atoms with Crippen LogP contribution in [-0.2, 0) is 14.8 Å². The molecule has 0 aliphatic heterocycles. The molecule has 0 N–H and O–H groups in total. The van der Waals surface area contributed by atoms with Crippen LogP contribution in [0.1, 0.15) is 67.8 Å². The van der Waals surface area contributed by atoms with Crippen molar-refractivity contribution in [3.8, 4) is 5.75 Å². The predicted octanol–water partition coefficient (Wildman–Crippen LogP) is 8.99. The number of carbonyl (C=O) groups is 1. The van der Waals surface area contributed by atoms with E-state index in [-0.39, 0.29) is 18.1 Å². The van der Waals surface area contributed by atoms with Crippen molar-refractivity contribution < 1.29 is 18.8 Å². The van der Waals surface area contributed by atoms with Crippen molar-refractivity contribution in [1.29, 1.82) is 0 Å². The van der Waals surface area contributed by atoms with Crippen LogP contribution in [0.4, 0.5) is 4.79 Å². The second-order valence-electron chi connectivity index (χ2n) is 10.1. The van der Waals surface area contributed by atoms with Gasteiger partial charge in [-0.15, -0.1) is 4.33 Å². The van der Waals surface area contributed by atoms with Crippen molar-refractivity contribution in [3.05, 3.63) is 99.0 Å². The normalized spacial score (nSPS) is 17.1. The molecule has 1 aliphatic carbocycles. The van der Waals surface area contributed by atoms with Crippen LogP contribution in [0.25, 0.3) is 0 Å². The maximum atomic E-state index is 13.0. The summed E-state index contributed by atoms with van der Waals surface area (Å²) in [5.41, 5.74) is 3.87. The van der Waals surface area contributed by atoms with E-state index in [2.05, 4.69) is 18.2 Å². The number of fused-ring (bicyclic) bond motifs is 1. The molecule has 37 heavy (non-hydrogen) atoms. The summed E-state index contributed by atoms with van der Waals surface area (Å²) in [6.07, 6.45) is 1.32. The number of hydrogen-bond acceptors (Lipinski definition) is 5. The van der Waals surface area contributed by atoms with E-state index in [0.29, 0.717) is 21.5 Å². The first kappa shape index (κ1) is 27.6. The molecule has 0 fully saturated rings. The van der Waals surface area contributed by atoms with E-state index >= 15 is 0 Å². The monoisotopic (exact) mass is 559 g/mol. The molecule has 0 unspecified atom stereocenters. The molecule has 0 saturated heterocycles. The molecule has 1 aliphatic rings. The van der Waals surface area contributed by atoms with Gasteiger partial charge in [0.2, 0.25) is 0 Å². The Morgan fingerprint density at radius 1 is 0.973 bits per heavy atom. The molecule has 0 saturated carbocycles. The number of amides is 1. The molecule has 0 spiro atoms. The third-order valence-electron chi connectivity index (χ3n) is 6.26. The third kappa shape index (κ3) is 7.14. The van der Waals surface area contributed by atoms with Crippen LogP contribution in [-0.4, -0.2) is 23.6 Å². The summed E-state index contributed by atoms with van der Waals surface area (Å²) in [5, 5.41) is 1.08. The van der Waals surface area contributed by atoms with Crippen molar-refractivity contribution in [3.63, 3.8) is 0 Å². The highest BCUT2D eigenvalue weighted by Gasteiger charge is 2.34. The Hall–Kier alpha value is -2.38. The highest BCUT2D eigenvalue weighted by atomic mass is 35.5. The summed E-state index contributed by atoms with van der Waals surface area (Å²) < 4.78 is 11.0. The molecule has 0 aromatic heterocycles. The van der Waals surface area contributed by atoms with Crippen molar-refractivity contribution in [2.45, 2.75) is 56.9 Å². The Labute approximate surface area is 233 Å². The first-order valence-corrected chi connectivity index (χ1v) is 13.8. The SMILES string of the molecule is CN(C(=O)OC(C)(C)C)[C@H]1CC[C@@H](c2ccc(Cl)c(Cl)c2)c2ccc(CSOOc3ccccc3)cc21. The second-order valence-corrected chi connectivity index (χ2v) is 11.6. The Bertz CT molecular complexity index is 1230. The van der Waals surface area contributed by atoms with Crippen LogP contribution in [0, 0.1) is 0 Å². The lowest BCUT2D eigenvalue weighted by molar-refractivity contribution is -0.0778. The zero-order chi connectivity index (χ0) is 26.6. The van der Waals surface area contributed by atoms with Crippen LogP contribution < -0.4 is 4.89 Å². The molecule has 0 radical (unpaired) electrons. The maximum absolute atomic E-state index is 13.0. The van der Waals surface area contributed by atoms with Crippen LogP contribution >= 0.6 is 35.2 Å². The molecule has 196 valence electrons. The minimum atomic E-state index is -0.569. The number of para-hydroxylation sites is 1. The van der Waals surface area contributed by atoms with Gasteiger partial charge in [-0.25, -0.2) is 4.79 Å². The summed E-state index contributed by atoms with van der Waals surface area (Å²) >= 11 is 13.7. The smallest absolute Gasteiger partial charge is 0.410 e. The number of hydrogen-bond donors (Lipinski definition) is 0. The number of carbonyl (C=O) groups excluding carboxylic acids is 1. The summed E-state index contributed by atoms with van der Waals surface area (Å²) in [6, 6.07) is 21.4. The minimum Gasteiger partial charge on any atom is -0.444 e. The predicted molar refractivity (Wildman–Crippen MR) is 150 cm³/mol. The highest BCUT2D eigenvalue weighted by Crippen LogP contribution is 2.45. The third-order valence-corrected chi connectivity index (χ3v) is 7.61. The fourth-order valence-electron chi connectivity index (χ4n) is 4.53. The first-order chi connectivity index (χ1) is 17.6. The molecular formula is C29H31Cl2NO4S. The van der Waals surface area contributed by atoms with Gasteiger partial charge < -0.3 is 14.5 Å². The second kappa shape index (κ2) is 12.0. The Morgan fingerprint density at radius 2 is 1.73 bits per heavy atom. The molecule has 3 aromatic rings. The van der Waals surface area contributed by atoms with E-state index in [9.17, 15) is 4.79 Å². The largest absolute Gasteiger partial charge is 0.444 e. The Balaban J connectivity index is 1.58. The van der Waals surface area contributed by atoms with Crippen LogP contribution in [0.2, 0.25) is 10.0 Å². The van der Waals surface area contributed by atoms with Gasteiger partial charge in [0.15, 0.2) is 5.75 Å². The standard InChI is InChI=1S/C29H31Cl2NO4S/c1-29(2,3)34-28(33)32(4)27-15-13-22(20-11-14-25(30)26(31)17-20)23-12-10-19(16-24(23)27)18-37-36-35-21-8-6-5-7-9-21/h5-12,14,16-17,22,27H,13,15,18H2,1-4H3/t22-,27-/m0/s1. The average Bonchev–Trinajstić information content (AvgIpc) is 2.87. The van der Waals surface area contributed by atoms with Gasteiger partial charge in [0.25, 0.3) is 0 Å². The van der Waals surface area contributed by atoms with E-state index in [0.717, 1.165) is 29.5 Å². The zero-order valence-electron chi connectivity index (χ0n) is 21.4. The summed E-state index contributed by atoms with van der Waals surface area (Å²) in [4.78, 5) is 20.0. The van der Waals surface area contributed by atoms with Gasteiger partial charge in [-0.1, -0.05) is 65.7 Å². The van der Waals surface area contributed by atoms with Crippen molar-refractivity contribution in [2.75, 3.05) is 7.05 Å². The van der Waals surface area contributed by atoms with E-state index in [1.165, 1.54) is 17.6 Å². The van der Waals surface area contributed by atoms with Crippen LogP contribution in [0.15, 0.2) is 66.7 Å². The number of ether oxygens (including phenoxy) is 1. The Kier molecular flexibility index (Phi) is 8.96. The molecule has 3 aromatic carbocycles. The molecule has 1 amide bonds. The highest BCUT2D eigenvalue weighted by molar-refractivity contribution is 7.93. The molecular weight excluding hydrogens is 529 g/mol. The molecule has 0 heterocycles. The van der Waals surface area contributed by atoms with Gasteiger partial charge in [-0.2, -0.15) is 0 Å². The van der Waals surface area contributed by atoms with Gasteiger partial charge >= 0.3 is 6.09 Å². The molecule has 8 heteroatoms. The average molecular weight is 561 g/mol. The number of nitrogens with zero attached hydrogens (tertiary/aromatic N) is 1. The lowest BCUT2D eigenvalue weighted by Gasteiger charge is -2.38. The van der Waals surface area contributed by atoms with Gasteiger partial charge in [0.05, 0.1) is 16.1 Å². The van der Waals surface area contributed by atoms with Gasteiger partial charge in [-0.3, -0.25) is 0 Å². The van der Waals surface area contributed by atoms with Crippen LogP contribution in [0.5, 0.6) is 5.75 Å². The number of rotatable bonds is 7. The lowest BCUT2D eigenvalue weighted by Crippen LogP contribution is -2.38. The molecule has 0 bridgehead atoms. The van der Waals surface area contributed by atoms with Crippen molar-refractivity contribution in [2.24, 2.45) is 0 Å². The van der Waals surface area contributed by atoms with Gasteiger partial charge in [-0.05, 0) is 80.1 Å². The molecule has 5 nitrogen and oxygen atoms in total. The van der Waals surface area contributed by atoms with E-state index in [4.69, 9.17) is 37.2 Å². The summed E-state index contributed by atoms with van der Waals surface area (Å²) in [6.45, 7) is 5.63. The van der Waals surface area contributed by atoms with E-state index < -0.39 is 5.60 Å². The quantitative estimate of drug-likeness (QED) is 0.125. The summed E-state index contributed by atoms with van der Waals surface area (Å²) in [5.74, 6) is 1.37. The van der Waals surface area contributed by atoms with Gasteiger partial charge in [0, 0.05) is 30.8 Å². The van der Waals surface area contributed by atoms with Crippen LogP contribution in [0.3, 0.4) is 0 Å². The van der Waals surface area contributed by atoms with Crippen molar-refractivity contribution >= 4 is 41.3 Å². The Morgan fingerprint density at radius 3 is 2.43 bits per heavy atom. The summed E-state index contributed by atoms with van der Waals surface area (Å²) in [7, 11) is 1.81. The fraction of sp³-hybridized carbons (Fsp3) is 0.345. The maximum Gasteiger partial charge on any atom is 0.410 e. The van der Waals surface area contributed by atoms with E-state index in [1.807, 2.05) is 69.3 Å². The molecule has 2 atom stereocenters. The first-order valence-electron chi connectivity index (χ1n) is 12.2. The fourth-order valence-corrected chi connectivity index (χ4v) is 5.32. The number of halogens is 2. The van der Waals surface area contributed by atoms with Gasteiger partial charge in [0.1, 0.15) is 5.60 Å². The van der Waals surface area contributed by atoms with Crippen molar-refractivity contribution in [1.82, 2.24) is 4.90 Å². The number of benzene rings is 3. The minimum absolute atomic E-state index is 0.115. The topological polar surface area (TPSA) is 48.0 Å². The molecule has 4 rings (SSSR count). The zero-order valence-corrected chi connectivity index (χ0v) is 23.7. The lowest BCUT2D eigenvalue weighted by atomic mass is 9.76. The van der Waals surface area contributed by atoms with E-state index in [1.54, 1.807) is 11.9 Å².